The van der Waals surface area contributed by atoms with Gasteiger partial charge in [-0.3, -0.25) is 9.80 Å². The quantitative estimate of drug-likeness (QED) is 0.569. The third kappa shape index (κ3) is 4.67. The molecule has 1 amide bonds. The maximum absolute atomic E-state index is 13.3. The highest BCUT2D eigenvalue weighted by Crippen LogP contribution is 2.23. The third-order valence-electron chi connectivity index (χ3n) is 5.75. The van der Waals surface area contributed by atoms with Crippen molar-refractivity contribution in [3.05, 3.63) is 59.7 Å². The van der Waals surface area contributed by atoms with Gasteiger partial charge in [-0.1, -0.05) is 32.9 Å². The van der Waals surface area contributed by atoms with Crippen LogP contribution in [0.25, 0.3) is 16.9 Å². The van der Waals surface area contributed by atoms with E-state index in [1.54, 1.807) is 0 Å². The molecule has 2 aliphatic rings. The van der Waals surface area contributed by atoms with E-state index in [0.29, 0.717) is 43.3 Å². The Labute approximate surface area is 197 Å². The summed E-state index contributed by atoms with van der Waals surface area (Å²) in [6.07, 6.45) is 2.04. The van der Waals surface area contributed by atoms with Crippen molar-refractivity contribution >= 4 is 28.8 Å². The largest absolute Gasteiger partial charge is 0.422 e. The van der Waals surface area contributed by atoms with Crippen molar-refractivity contribution in [1.82, 2.24) is 30.8 Å². The number of benzene rings is 1. The molecule has 1 aromatic carbocycles. The molecule has 178 valence electrons. The van der Waals surface area contributed by atoms with E-state index in [1.165, 1.54) is 12.1 Å². The number of hydrogen-bond donors (Lipinski definition) is 2. The fourth-order valence-electron chi connectivity index (χ4n) is 4.09. The van der Waals surface area contributed by atoms with Crippen LogP contribution in [0.5, 0.6) is 0 Å². The molecule has 9 nitrogen and oxygen atoms in total. The number of carbonyl (C=O) groups excluding carboxylic acids is 1. The van der Waals surface area contributed by atoms with E-state index >= 15 is 0 Å². The Morgan fingerprint density at radius 1 is 1.06 bits per heavy atom. The summed E-state index contributed by atoms with van der Waals surface area (Å²) in [7, 11) is 0. The lowest BCUT2D eigenvalue weighted by atomic mass is 9.97. The summed E-state index contributed by atoms with van der Waals surface area (Å²) in [6.45, 7) is 9.66. The minimum Gasteiger partial charge on any atom is -0.422 e. The number of fused-ring (bicyclic) bond motifs is 1. The number of hydrogen-bond acceptors (Lipinski definition) is 8. The fraction of sp³-hybridized carbons (Fsp3) is 0.375. The second-order valence-electron chi connectivity index (χ2n) is 9.78. The van der Waals surface area contributed by atoms with Gasteiger partial charge in [0.05, 0.1) is 5.70 Å². The standard InChI is InChI=1S/C24H28FN7O2/c1-24(2,3)15-32-14-18(28-29-32)16-4-6-17(7-5-16)22(33)30-10-12-31(13-11-30)23-27-21-19(34-23)8-9-20(25)26-21/h4-9,14,28-29H,10-13,15H2,1-3H3. The number of hydrazine groups is 2. The number of piperazine rings is 1. The van der Waals surface area contributed by atoms with Crippen LogP contribution in [0.4, 0.5) is 10.4 Å². The number of oxazole rings is 1. The van der Waals surface area contributed by atoms with Crippen molar-refractivity contribution in [2.45, 2.75) is 20.8 Å². The molecule has 2 aromatic heterocycles. The van der Waals surface area contributed by atoms with Gasteiger partial charge in [0.25, 0.3) is 11.9 Å². The Balaban J connectivity index is 1.20. The highest BCUT2D eigenvalue weighted by atomic mass is 19.1. The van der Waals surface area contributed by atoms with Crippen LogP contribution in [0.1, 0.15) is 36.7 Å². The highest BCUT2D eigenvalue weighted by Gasteiger charge is 2.25. The van der Waals surface area contributed by atoms with Gasteiger partial charge in [-0.25, -0.2) is 0 Å². The number of halogens is 1. The number of anilines is 1. The van der Waals surface area contributed by atoms with E-state index in [2.05, 4.69) is 41.7 Å². The minimum atomic E-state index is -0.590. The Kier molecular flexibility index (Phi) is 5.60. The highest BCUT2D eigenvalue weighted by molar-refractivity contribution is 5.94. The summed E-state index contributed by atoms with van der Waals surface area (Å²) in [5, 5.41) is 2.03. The lowest BCUT2D eigenvalue weighted by molar-refractivity contribution is 0.0745. The summed E-state index contributed by atoms with van der Waals surface area (Å²) in [5.74, 6) is -0.597. The molecule has 4 heterocycles. The van der Waals surface area contributed by atoms with Gasteiger partial charge in [0.2, 0.25) is 11.6 Å². The van der Waals surface area contributed by atoms with Crippen LogP contribution in [0.15, 0.2) is 47.0 Å². The number of pyridine rings is 1. The zero-order valence-electron chi connectivity index (χ0n) is 19.5. The second kappa shape index (κ2) is 8.60. The smallest absolute Gasteiger partial charge is 0.300 e. The first-order chi connectivity index (χ1) is 16.2. The fourth-order valence-corrected chi connectivity index (χ4v) is 4.09. The Bertz CT molecular complexity index is 1220. The summed E-state index contributed by atoms with van der Waals surface area (Å²) >= 11 is 0. The van der Waals surface area contributed by atoms with Crippen LogP contribution in [0, 0.1) is 11.4 Å². The Morgan fingerprint density at radius 2 is 1.79 bits per heavy atom. The monoisotopic (exact) mass is 465 g/mol. The van der Waals surface area contributed by atoms with Gasteiger partial charge >= 0.3 is 0 Å². The number of amides is 1. The molecule has 0 spiro atoms. The van der Waals surface area contributed by atoms with Crippen molar-refractivity contribution < 1.29 is 13.6 Å². The molecule has 3 aromatic rings. The number of nitrogens with one attached hydrogen (secondary N) is 2. The van der Waals surface area contributed by atoms with Gasteiger partial charge in [-0.15, -0.1) is 5.53 Å². The van der Waals surface area contributed by atoms with E-state index in [0.717, 1.165) is 17.8 Å². The van der Waals surface area contributed by atoms with Crippen LogP contribution in [0.3, 0.4) is 0 Å². The molecule has 0 aliphatic carbocycles. The topological polar surface area (TPSA) is 89.8 Å². The lowest BCUT2D eigenvalue weighted by Gasteiger charge is -2.33. The summed E-state index contributed by atoms with van der Waals surface area (Å²) < 4.78 is 19.0. The maximum Gasteiger partial charge on any atom is 0.300 e. The predicted octanol–water partition coefficient (Wildman–Crippen LogP) is 2.99. The van der Waals surface area contributed by atoms with Crippen molar-refractivity contribution in [2.24, 2.45) is 5.41 Å². The van der Waals surface area contributed by atoms with Crippen molar-refractivity contribution in [1.29, 1.82) is 0 Å². The molecule has 2 N–H and O–H groups in total. The lowest BCUT2D eigenvalue weighted by Crippen LogP contribution is -2.48. The predicted molar refractivity (Wildman–Crippen MR) is 127 cm³/mol. The van der Waals surface area contributed by atoms with Crippen LogP contribution < -0.4 is 15.9 Å². The number of carbonyl (C=O) groups is 1. The number of nitrogens with zero attached hydrogens (tertiary/aromatic N) is 5. The number of aromatic nitrogens is 2. The molecule has 1 fully saturated rings. The molecule has 1 saturated heterocycles. The first kappa shape index (κ1) is 22.1. The van der Waals surface area contributed by atoms with E-state index in [-0.39, 0.29) is 17.0 Å². The molecule has 0 unspecified atom stereocenters. The van der Waals surface area contributed by atoms with Gasteiger partial charge in [-0.05, 0) is 29.7 Å². The molecule has 34 heavy (non-hydrogen) atoms. The first-order valence-electron chi connectivity index (χ1n) is 11.3. The zero-order chi connectivity index (χ0) is 23.9. The van der Waals surface area contributed by atoms with Crippen LogP contribution in [0.2, 0.25) is 0 Å². The van der Waals surface area contributed by atoms with E-state index in [1.807, 2.05) is 45.3 Å². The number of rotatable bonds is 4. The minimum absolute atomic E-state index is 0.00616. The van der Waals surface area contributed by atoms with Crippen LogP contribution in [-0.4, -0.2) is 58.5 Å². The summed E-state index contributed by atoms with van der Waals surface area (Å²) in [6, 6.07) is 10.8. The Morgan fingerprint density at radius 3 is 2.50 bits per heavy atom. The van der Waals surface area contributed by atoms with E-state index < -0.39 is 5.95 Å². The molecular weight excluding hydrogens is 437 g/mol. The van der Waals surface area contributed by atoms with Gasteiger partial charge < -0.3 is 19.6 Å². The molecular formula is C24H28FN7O2. The molecule has 0 bridgehead atoms. The molecule has 2 aliphatic heterocycles. The van der Waals surface area contributed by atoms with Crippen LogP contribution >= 0.6 is 0 Å². The van der Waals surface area contributed by atoms with Crippen molar-refractivity contribution in [3.63, 3.8) is 0 Å². The Hall–Kier alpha value is -3.66. The van der Waals surface area contributed by atoms with Gasteiger partial charge in [0, 0.05) is 50.1 Å². The summed E-state index contributed by atoms with van der Waals surface area (Å²) in [5.41, 5.74) is 9.81. The first-order valence-corrected chi connectivity index (χ1v) is 11.3. The summed E-state index contributed by atoms with van der Waals surface area (Å²) in [4.78, 5) is 24.8. The van der Waals surface area contributed by atoms with Crippen molar-refractivity contribution in [3.8, 4) is 0 Å². The average molecular weight is 466 g/mol. The molecule has 5 rings (SSSR count). The van der Waals surface area contributed by atoms with Gasteiger partial charge in [-0.2, -0.15) is 14.4 Å². The normalized spacial score (nSPS) is 16.7. The molecule has 0 saturated carbocycles. The van der Waals surface area contributed by atoms with E-state index in [9.17, 15) is 9.18 Å². The SMILES string of the molecule is CC(C)(C)CN1C=C(c2ccc(C(=O)N3CCN(c4nc5nc(F)ccc5o4)CC3)cc2)NN1. The maximum atomic E-state index is 13.3. The molecule has 0 radical (unpaired) electrons. The van der Waals surface area contributed by atoms with Crippen LogP contribution in [-0.2, 0) is 0 Å². The van der Waals surface area contributed by atoms with Gasteiger partial charge in [0.1, 0.15) is 0 Å². The average Bonchev–Trinajstić information content (AvgIpc) is 3.44. The molecule has 0 atom stereocenters. The zero-order valence-corrected chi connectivity index (χ0v) is 19.5. The molecule has 10 heteroatoms. The third-order valence-corrected chi connectivity index (χ3v) is 5.75. The van der Waals surface area contributed by atoms with Crippen molar-refractivity contribution in [2.75, 3.05) is 37.6 Å². The van der Waals surface area contributed by atoms with Gasteiger partial charge in [0.15, 0.2) is 5.58 Å². The van der Waals surface area contributed by atoms with E-state index in [4.69, 9.17) is 4.42 Å². The second-order valence-corrected chi connectivity index (χ2v) is 9.78.